The molecule has 4 aromatic rings. The van der Waals surface area contributed by atoms with Gasteiger partial charge in [-0.2, -0.15) is 0 Å². The number of aromatic amines is 2. The van der Waals surface area contributed by atoms with E-state index in [0.717, 1.165) is 21.9 Å². The lowest BCUT2D eigenvalue weighted by atomic mass is 10.1. The Balaban J connectivity index is 1.70. The maximum Gasteiger partial charge on any atom is 0.255 e. The van der Waals surface area contributed by atoms with Crippen molar-refractivity contribution in [2.45, 2.75) is 0 Å². The lowest BCUT2D eigenvalue weighted by Gasteiger charge is -2.06. The number of nitrogens with one attached hydrogen (secondary N) is 3. The molecular weight excluding hydrogens is 264 g/mol. The van der Waals surface area contributed by atoms with Crippen LogP contribution < -0.4 is 5.32 Å². The third-order valence-corrected chi connectivity index (χ3v) is 3.51. The molecule has 2 heterocycles. The van der Waals surface area contributed by atoms with Crippen LogP contribution in [0.25, 0.3) is 21.9 Å². The molecule has 0 aliphatic carbocycles. The van der Waals surface area contributed by atoms with Gasteiger partial charge in [0.1, 0.15) is 5.52 Å². The topological polar surface area (TPSA) is 73.6 Å². The Labute approximate surface area is 120 Å². The number of H-pyrrole nitrogens is 2. The molecule has 21 heavy (non-hydrogen) atoms. The smallest absolute Gasteiger partial charge is 0.255 e. The highest BCUT2D eigenvalue weighted by atomic mass is 16.1. The SMILES string of the molecule is O=C(Nc1cccc2[nH]cnc12)c1ccc2[nH]ccc2c1. The fraction of sp³-hybridized carbons (Fsp3) is 0. The highest BCUT2D eigenvalue weighted by molar-refractivity contribution is 6.09. The molecule has 0 unspecified atom stereocenters. The summed E-state index contributed by atoms with van der Waals surface area (Å²) in [5, 5.41) is 3.93. The van der Waals surface area contributed by atoms with Crippen LogP contribution in [0.2, 0.25) is 0 Å². The normalized spacial score (nSPS) is 11.0. The fourth-order valence-electron chi connectivity index (χ4n) is 2.46. The lowest BCUT2D eigenvalue weighted by Crippen LogP contribution is -2.12. The molecule has 3 N–H and O–H groups in total. The third kappa shape index (κ3) is 1.95. The first-order chi connectivity index (χ1) is 10.3. The molecule has 2 aromatic carbocycles. The molecule has 102 valence electrons. The summed E-state index contributed by atoms with van der Waals surface area (Å²) in [6.45, 7) is 0. The first-order valence-corrected chi connectivity index (χ1v) is 6.62. The zero-order valence-corrected chi connectivity index (χ0v) is 11.1. The quantitative estimate of drug-likeness (QED) is 0.525. The number of hydrogen-bond donors (Lipinski definition) is 3. The second kappa shape index (κ2) is 4.49. The van der Waals surface area contributed by atoms with E-state index < -0.39 is 0 Å². The van der Waals surface area contributed by atoms with Crippen molar-refractivity contribution in [2.24, 2.45) is 0 Å². The van der Waals surface area contributed by atoms with Crippen LogP contribution in [-0.4, -0.2) is 20.9 Å². The van der Waals surface area contributed by atoms with Crippen molar-refractivity contribution in [2.75, 3.05) is 5.32 Å². The van der Waals surface area contributed by atoms with Gasteiger partial charge in [0.15, 0.2) is 0 Å². The highest BCUT2D eigenvalue weighted by Crippen LogP contribution is 2.21. The molecule has 2 aromatic heterocycles. The number of aromatic nitrogens is 3. The molecule has 0 bridgehead atoms. The average Bonchev–Trinajstić information content (AvgIpc) is 3.15. The number of imidazole rings is 1. The number of rotatable bonds is 2. The van der Waals surface area contributed by atoms with E-state index >= 15 is 0 Å². The zero-order valence-electron chi connectivity index (χ0n) is 11.1. The first kappa shape index (κ1) is 11.7. The standard InChI is InChI=1S/C16H12N4O/c21-16(11-4-5-12-10(8-11)6-7-17-12)20-14-3-1-2-13-15(14)19-9-18-13/h1-9,17H,(H,18,19)(H,20,21). The molecule has 0 radical (unpaired) electrons. The summed E-state index contributed by atoms with van der Waals surface area (Å²) < 4.78 is 0. The summed E-state index contributed by atoms with van der Waals surface area (Å²) in [7, 11) is 0. The molecular formula is C16H12N4O. The minimum atomic E-state index is -0.145. The number of nitrogens with zero attached hydrogens (tertiary/aromatic N) is 1. The van der Waals surface area contributed by atoms with E-state index in [1.165, 1.54) is 0 Å². The van der Waals surface area contributed by atoms with Gasteiger partial charge in [-0.1, -0.05) is 6.07 Å². The monoisotopic (exact) mass is 276 g/mol. The predicted molar refractivity (Wildman–Crippen MR) is 82.3 cm³/mol. The van der Waals surface area contributed by atoms with Crippen LogP contribution in [0, 0.1) is 0 Å². The molecule has 5 heteroatoms. The molecule has 1 amide bonds. The number of carbonyl (C=O) groups excluding carboxylic acids is 1. The summed E-state index contributed by atoms with van der Waals surface area (Å²) in [4.78, 5) is 22.8. The van der Waals surface area contributed by atoms with Crippen LogP contribution in [0.5, 0.6) is 0 Å². The third-order valence-electron chi connectivity index (χ3n) is 3.51. The number of hydrogen-bond acceptors (Lipinski definition) is 2. The Morgan fingerprint density at radius 3 is 2.95 bits per heavy atom. The Kier molecular flexibility index (Phi) is 2.50. The van der Waals surface area contributed by atoms with Gasteiger partial charge in [-0.05, 0) is 36.4 Å². The summed E-state index contributed by atoms with van der Waals surface area (Å²) >= 11 is 0. The van der Waals surface area contributed by atoms with E-state index in [2.05, 4.69) is 20.3 Å². The molecule has 0 fully saturated rings. The van der Waals surface area contributed by atoms with Crippen molar-refractivity contribution < 1.29 is 4.79 Å². The molecule has 0 aliphatic heterocycles. The van der Waals surface area contributed by atoms with Crippen molar-refractivity contribution >= 4 is 33.5 Å². The Morgan fingerprint density at radius 2 is 2.00 bits per heavy atom. The zero-order chi connectivity index (χ0) is 14.2. The van der Waals surface area contributed by atoms with Gasteiger partial charge in [0, 0.05) is 22.7 Å². The molecule has 4 rings (SSSR count). The van der Waals surface area contributed by atoms with Gasteiger partial charge < -0.3 is 15.3 Å². The second-order valence-electron chi connectivity index (χ2n) is 4.84. The summed E-state index contributed by atoms with van der Waals surface area (Å²) in [6, 6.07) is 13.2. The van der Waals surface area contributed by atoms with Crippen molar-refractivity contribution in [3.8, 4) is 0 Å². The average molecular weight is 276 g/mol. The van der Waals surface area contributed by atoms with E-state index in [1.54, 1.807) is 12.4 Å². The Bertz CT molecular complexity index is 951. The number of anilines is 1. The summed E-state index contributed by atoms with van der Waals surface area (Å²) in [5.74, 6) is -0.145. The first-order valence-electron chi connectivity index (χ1n) is 6.62. The largest absolute Gasteiger partial charge is 0.361 e. The van der Waals surface area contributed by atoms with Gasteiger partial charge in [0.05, 0.1) is 17.5 Å². The van der Waals surface area contributed by atoms with E-state index in [9.17, 15) is 4.79 Å². The number of carbonyl (C=O) groups is 1. The molecule has 0 spiro atoms. The van der Waals surface area contributed by atoms with Crippen LogP contribution >= 0.6 is 0 Å². The Morgan fingerprint density at radius 1 is 1.05 bits per heavy atom. The summed E-state index contributed by atoms with van der Waals surface area (Å²) in [5.41, 5.74) is 3.99. The van der Waals surface area contributed by atoms with Gasteiger partial charge >= 0.3 is 0 Å². The van der Waals surface area contributed by atoms with E-state index in [0.29, 0.717) is 11.3 Å². The maximum absolute atomic E-state index is 12.4. The van der Waals surface area contributed by atoms with Crippen LogP contribution in [0.3, 0.4) is 0 Å². The minimum Gasteiger partial charge on any atom is -0.361 e. The van der Waals surface area contributed by atoms with Crippen LogP contribution in [0.4, 0.5) is 5.69 Å². The number of amides is 1. The fourth-order valence-corrected chi connectivity index (χ4v) is 2.46. The highest BCUT2D eigenvalue weighted by Gasteiger charge is 2.10. The van der Waals surface area contributed by atoms with Crippen LogP contribution in [0.15, 0.2) is 55.0 Å². The molecule has 0 saturated carbocycles. The predicted octanol–water partition coefficient (Wildman–Crippen LogP) is 3.30. The Hall–Kier alpha value is -3.08. The number of benzene rings is 2. The minimum absolute atomic E-state index is 0.145. The molecule has 5 nitrogen and oxygen atoms in total. The number of fused-ring (bicyclic) bond motifs is 2. The van der Waals surface area contributed by atoms with E-state index in [-0.39, 0.29) is 5.91 Å². The van der Waals surface area contributed by atoms with Gasteiger partial charge in [0.25, 0.3) is 5.91 Å². The van der Waals surface area contributed by atoms with E-state index in [1.807, 2.05) is 42.6 Å². The van der Waals surface area contributed by atoms with Gasteiger partial charge in [-0.15, -0.1) is 0 Å². The number of para-hydroxylation sites is 1. The van der Waals surface area contributed by atoms with Crippen molar-refractivity contribution in [1.82, 2.24) is 15.0 Å². The maximum atomic E-state index is 12.4. The van der Waals surface area contributed by atoms with Crippen LogP contribution in [-0.2, 0) is 0 Å². The van der Waals surface area contributed by atoms with E-state index in [4.69, 9.17) is 0 Å². The lowest BCUT2D eigenvalue weighted by molar-refractivity contribution is 0.102. The van der Waals surface area contributed by atoms with Gasteiger partial charge in [-0.25, -0.2) is 4.98 Å². The summed E-state index contributed by atoms with van der Waals surface area (Å²) in [6.07, 6.45) is 3.48. The van der Waals surface area contributed by atoms with Crippen molar-refractivity contribution in [1.29, 1.82) is 0 Å². The van der Waals surface area contributed by atoms with Crippen LogP contribution in [0.1, 0.15) is 10.4 Å². The second-order valence-corrected chi connectivity index (χ2v) is 4.84. The van der Waals surface area contributed by atoms with Crippen molar-refractivity contribution in [3.05, 3.63) is 60.6 Å². The van der Waals surface area contributed by atoms with Gasteiger partial charge in [-0.3, -0.25) is 4.79 Å². The molecule has 0 saturated heterocycles. The van der Waals surface area contributed by atoms with Gasteiger partial charge in [0.2, 0.25) is 0 Å². The molecule has 0 atom stereocenters. The molecule has 0 aliphatic rings. The van der Waals surface area contributed by atoms with Crippen molar-refractivity contribution in [3.63, 3.8) is 0 Å².